The fourth-order valence-corrected chi connectivity index (χ4v) is 5.26. The highest BCUT2D eigenvalue weighted by Crippen LogP contribution is 2.55. The second-order valence-corrected chi connectivity index (χ2v) is 7.47. The van der Waals surface area contributed by atoms with Gasteiger partial charge in [-0.1, -0.05) is 0 Å². The molecule has 112 valence electrons. The van der Waals surface area contributed by atoms with Gasteiger partial charge < -0.3 is 5.32 Å². The summed E-state index contributed by atoms with van der Waals surface area (Å²) in [5.74, 6) is 2.64. The monoisotopic (exact) mass is 285 g/mol. The van der Waals surface area contributed by atoms with Crippen LogP contribution in [-0.4, -0.2) is 21.2 Å². The average molecular weight is 285 g/mol. The molecule has 1 aromatic rings. The zero-order chi connectivity index (χ0) is 14.4. The van der Waals surface area contributed by atoms with E-state index in [0.717, 1.165) is 23.3 Å². The van der Waals surface area contributed by atoms with Gasteiger partial charge in [-0.15, -0.1) is 0 Å². The number of hydrogen-bond donors (Lipinski definition) is 1. The Morgan fingerprint density at radius 2 is 1.90 bits per heavy atom. The second kappa shape index (κ2) is 4.72. The lowest BCUT2D eigenvalue weighted by Crippen LogP contribution is -2.59. The Labute approximate surface area is 125 Å². The van der Waals surface area contributed by atoms with E-state index in [1.807, 2.05) is 19.3 Å². The van der Waals surface area contributed by atoms with Gasteiger partial charge >= 0.3 is 0 Å². The molecule has 1 N–H and O–H groups in total. The summed E-state index contributed by atoms with van der Waals surface area (Å²) in [6.45, 7) is 0. The zero-order valence-electron chi connectivity index (χ0n) is 12.6. The second-order valence-electron chi connectivity index (χ2n) is 7.47. The lowest BCUT2D eigenvalue weighted by molar-refractivity contribution is -0.122. The Kier molecular flexibility index (Phi) is 2.95. The molecule has 4 bridgehead atoms. The van der Waals surface area contributed by atoms with E-state index in [-0.39, 0.29) is 11.4 Å². The van der Waals surface area contributed by atoms with Crippen molar-refractivity contribution < 1.29 is 4.79 Å². The van der Waals surface area contributed by atoms with Crippen molar-refractivity contribution >= 4 is 12.0 Å². The van der Waals surface area contributed by atoms with Crippen molar-refractivity contribution in [2.24, 2.45) is 24.8 Å². The summed E-state index contributed by atoms with van der Waals surface area (Å²) in [5, 5.41) is 7.46. The molecule has 4 heteroatoms. The number of aryl methyl sites for hydroxylation is 1. The Morgan fingerprint density at radius 3 is 2.43 bits per heavy atom. The summed E-state index contributed by atoms with van der Waals surface area (Å²) in [5.41, 5.74) is 1.07. The third-order valence-corrected chi connectivity index (χ3v) is 5.58. The van der Waals surface area contributed by atoms with Gasteiger partial charge in [0.05, 0.1) is 6.20 Å². The molecule has 0 aliphatic heterocycles. The molecule has 4 nitrogen and oxygen atoms in total. The summed E-state index contributed by atoms with van der Waals surface area (Å²) in [4.78, 5) is 12.3. The smallest absolute Gasteiger partial charge is 0.244 e. The molecule has 21 heavy (non-hydrogen) atoms. The Bertz CT molecular complexity index is 551. The van der Waals surface area contributed by atoms with E-state index in [9.17, 15) is 4.79 Å². The van der Waals surface area contributed by atoms with Gasteiger partial charge in [0.25, 0.3) is 0 Å². The first-order valence-electron chi connectivity index (χ1n) is 8.09. The van der Waals surface area contributed by atoms with Crippen LogP contribution in [0.5, 0.6) is 0 Å². The van der Waals surface area contributed by atoms with Crippen LogP contribution in [0, 0.1) is 17.8 Å². The highest BCUT2D eigenvalue weighted by Gasteiger charge is 2.51. The Hall–Kier alpha value is -1.58. The molecule has 4 fully saturated rings. The molecule has 5 rings (SSSR count). The van der Waals surface area contributed by atoms with Crippen molar-refractivity contribution in [2.75, 3.05) is 0 Å². The minimum atomic E-state index is 0.0563. The van der Waals surface area contributed by atoms with Gasteiger partial charge in [-0.2, -0.15) is 5.10 Å². The van der Waals surface area contributed by atoms with Crippen molar-refractivity contribution in [3.63, 3.8) is 0 Å². The third-order valence-electron chi connectivity index (χ3n) is 5.58. The summed E-state index contributed by atoms with van der Waals surface area (Å²) >= 11 is 0. The topological polar surface area (TPSA) is 46.9 Å². The molecule has 0 atom stereocenters. The van der Waals surface area contributed by atoms with E-state index in [1.54, 1.807) is 17.0 Å². The number of hydrogen-bond acceptors (Lipinski definition) is 2. The number of rotatable bonds is 3. The highest BCUT2D eigenvalue weighted by atomic mass is 16.1. The minimum absolute atomic E-state index is 0.0563. The van der Waals surface area contributed by atoms with Crippen LogP contribution in [0.3, 0.4) is 0 Å². The van der Waals surface area contributed by atoms with E-state index in [1.165, 1.54) is 38.5 Å². The van der Waals surface area contributed by atoms with E-state index in [4.69, 9.17) is 0 Å². The molecule has 0 saturated heterocycles. The minimum Gasteiger partial charge on any atom is -0.347 e. The summed E-state index contributed by atoms with van der Waals surface area (Å²) in [6, 6.07) is 0. The molecule has 1 aromatic heterocycles. The first-order chi connectivity index (χ1) is 10.1. The lowest BCUT2D eigenvalue weighted by Gasteiger charge is -2.56. The standard InChI is InChI=1S/C17H23N3O/c1-20-11-12(10-18-20)2-3-16(21)19-17-7-13-4-14(8-17)6-15(5-13)9-17/h2-3,10-11,13-15H,4-9H2,1H3,(H,19,21)/b3-2+. The van der Waals surface area contributed by atoms with Crippen LogP contribution in [0.25, 0.3) is 6.08 Å². The molecule has 4 saturated carbocycles. The van der Waals surface area contributed by atoms with Gasteiger partial charge in [0.1, 0.15) is 0 Å². The molecule has 4 aliphatic carbocycles. The van der Waals surface area contributed by atoms with Crippen LogP contribution >= 0.6 is 0 Å². The molecule has 4 aliphatic rings. The average Bonchev–Trinajstić information content (AvgIpc) is 2.80. The quantitative estimate of drug-likeness (QED) is 0.867. The summed E-state index contributed by atoms with van der Waals surface area (Å²) in [7, 11) is 1.88. The van der Waals surface area contributed by atoms with Crippen molar-refractivity contribution in [1.82, 2.24) is 15.1 Å². The fraction of sp³-hybridized carbons (Fsp3) is 0.647. The molecule has 1 heterocycles. The van der Waals surface area contributed by atoms with Gasteiger partial charge in [-0.25, -0.2) is 0 Å². The van der Waals surface area contributed by atoms with Crippen LogP contribution < -0.4 is 5.32 Å². The normalized spacial score (nSPS) is 37.3. The number of aromatic nitrogens is 2. The largest absolute Gasteiger partial charge is 0.347 e. The van der Waals surface area contributed by atoms with Crippen molar-refractivity contribution in [2.45, 2.75) is 44.1 Å². The predicted octanol–water partition coefficient (Wildman–Crippen LogP) is 2.52. The number of nitrogens with one attached hydrogen (secondary N) is 1. The van der Waals surface area contributed by atoms with E-state index < -0.39 is 0 Å². The molecule has 0 aromatic carbocycles. The van der Waals surface area contributed by atoms with E-state index in [2.05, 4.69) is 10.4 Å². The van der Waals surface area contributed by atoms with E-state index in [0.29, 0.717) is 0 Å². The molecular weight excluding hydrogens is 262 g/mol. The van der Waals surface area contributed by atoms with Crippen molar-refractivity contribution in [1.29, 1.82) is 0 Å². The van der Waals surface area contributed by atoms with Gasteiger partial charge in [0.15, 0.2) is 0 Å². The maximum atomic E-state index is 12.3. The molecule has 0 unspecified atom stereocenters. The van der Waals surface area contributed by atoms with Gasteiger partial charge in [-0.3, -0.25) is 9.48 Å². The summed E-state index contributed by atoms with van der Waals surface area (Å²) < 4.78 is 1.75. The van der Waals surface area contributed by atoms with Crippen LogP contribution in [0.1, 0.15) is 44.1 Å². The predicted molar refractivity (Wildman–Crippen MR) is 81.3 cm³/mol. The van der Waals surface area contributed by atoms with Crippen molar-refractivity contribution in [3.05, 3.63) is 24.0 Å². The first-order valence-corrected chi connectivity index (χ1v) is 8.09. The van der Waals surface area contributed by atoms with Gasteiger partial charge in [0, 0.05) is 30.4 Å². The highest BCUT2D eigenvalue weighted by molar-refractivity contribution is 5.92. The van der Waals surface area contributed by atoms with Gasteiger partial charge in [-0.05, 0) is 62.4 Å². The first kappa shape index (κ1) is 13.1. The third kappa shape index (κ3) is 2.52. The van der Waals surface area contributed by atoms with E-state index >= 15 is 0 Å². The SMILES string of the molecule is Cn1cc(/C=C/C(=O)NC23CC4CC(CC(C4)C2)C3)cn1. The molecule has 0 radical (unpaired) electrons. The Balaban J connectivity index is 1.43. The number of carbonyl (C=O) groups excluding carboxylic acids is 1. The summed E-state index contributed by atoms with van der Waals surface area (Å²) in [6.07, 6.45) is 15.0. The van der Waals surface area contributed by atoms with Crippen LogP contribution in [0.4, 0.5) is 0 Å². The molecule has 1 amide bonds. The van der Waals surface area contributed by atoms with Crippen LogP contribution in [0.15, 0.2) is 18.5 Å². The van der Waals surface area contributed by atoms with Crippen LogP contribution in [0.2, 0.25) is 0 Å². The maximum absolute atomic E-state index is 12.3. The maximum Gasteiger partial charge on any atom is 0.244 e. The molecule has 0 spiro atoms. The fourth-order valence-electron chi connectivity index (χ4n) is 5.26. The van der Waals surface area contributed by atoms with Crippen molar-refractivity contribution in [3.8, 4) is 0 Å². The zero-order valence-corrected chi connectivity index (χ0v) is 12.6. The number of amides is 1. The number of carbonyl (C=O) groups is 1. The number of nitrogens with zero attached hydrogens (tertiary/aromatic N) is 2. The molecular formula is C17H23N3O. The Morgan fingerprint density at radius 1 is 1.29 bits per heavy atom. The van der Waals surface area contributed by atoms with Gasteiger partial charge in [0.2, 0.25) is 5.91 Å². The lowest BCUT2D eigenvalue weighted by atomic mass is 9.53. The van der Waals surface area contributed by atoms with Crippen LogP contribution in [-0.2, 0) is 11.8 Å².